The van der Waals surface area contributed by atoms with Crippen molar-refractivity contribution in [2.75, 3.05) is 6.61 Å². The number of hydrogen-bond donors (Lipinski definition) is 0. The van der Waals surface area contributed by atoms with Gasteiger partial charge in [-0.2, -0.15) is 0 Å². The molecule has 0 aromatic heterocycles. The predicted molar refractivity (Wildman–Crippen MR) is 142 cm³/mol. The quantitative estimate of drug-likeness (QED) is 0.214. The summed E-state index contributed by atoms with van der Waals surface area (Å²) >= 11 is 0. The van der Waals surface area contributed by atoms with Gasteiger partial charge in [0, 0.05) is 17.2 Å². The molecule has 3 aromatic rings. The molecule has 0 unspecified atom stereocenters. The van der Waals surface area contributed by atoms with Gasteiger partial charge < -0.3 is 4.74 Å². The Hall–Kier alpha value is -3.27. The fourth-order valence-electron chi connectivity index (χ4n) is 4.85. The molecule has 0 bridgehead atoms. The second-order valence-electron chi connectivity index (χ2n) is 9.63. The third-order valence-electron chi connectivity index (χ3n) is 7.03. The van der Waals surface area contributed by atoms with Crippen LogP contribution < -0.4 is 4.74 Å². The molecule has 1 aliphatic carbocycles. The smallest absolute Gasteiger partial charge is 0.166 e. The van der Waals surface area contributed by atoms with E-state index in [4.69, 9.17) is 4.74 Å². The first-order valence-corrected chi connectivity index (χ1v) is 12.7. The van der Waals surface area contributed by atoms with Gasteiger partial charge in [0.15, 0.2) is 11.6 Å². The van der Waals surface area contributed by atoms with Crippen LogP contribution in [-0.4, -0.2) is 6.61 Å². The average molecular weight is 491 g/mol. The van der Waals surface area contributed by atoms with Crippen LogP contribution >= 0.6 is 0 Å². The van der Waals surface area contributed by atoms with Crippen LogP contribution in [0.15, 0.2) is 73.3 Å². The summed E-state index contributed by atoms with van der Waals surface area (Å²) in [6, 6.07) is 15.8. The molecule has 1 fully saturated rings. The predicted octanol–water partition coefficient (Wildman–Crippen LogP) is 9.41. The van der Waals surface area contributed by atoms with Crippen molar-refractivity contribution in [1.82, 2.24) is 0 Å². The van der Waals surface area contributed by atoms with Crippen molar-refractivity contribution in [3.05, 3.63) is 107 Å². The first-order chi connectivity index (χ1) is 17.5. The van der Waals surface area contributed by atoms with E-state index in [1.807, 2.05) is 49.4 Å². The second kappa shape index (κ2) is 12.1. The first-order valence-electron chi connectivity index (χ1n) is 12.7. The highest BCUT2D eigenvalue weighted by atomic mass is 19.2. The van der Waals surface area contributed by atoms with E-state index in [2.05, 4.69) is 6.58 Å². The van der Waals surface area contributed by atoms with Crippen LogP contribution in [0.2, 0.25) is 0 Å². The Kier molecular flexibility index (Phi) is 8.69. The normalized spacial score (nSPS) is 17.9. The lowest BCUT2D eigenvalue weighted by Gasteiger charge is -2.27. The maximum Gasteiger partial charge on any atom is 0.166 e. The number of unbranched alkanes of at least 4 members (excludes halogenated alkanes) is 1. The highest BCUT2D eigenvalue weighted by Crippen LogP contribution is 2.39. The molecule has 0 amide bonds. The van der Waals surface area contributed by atoms with Gasteiger partial charge in [-0.15, -0.1) is 6.58 Å². The van der Waals surface area contributed by atoms with Gasteiger partial charge in [0.2, 0.25) is 0 Å². The summed E-state index contributed by atoms with van der Waals surface area (Å²) in [4.78, 5) is 0. The Morgan fingerprint density at radius 3 is 2.36 bits per heavy atom. The van der Waals surface area contributed by atoms with Crippen LogP contribution in [0.1, 0.15) is 61.1 Å². The van der Waals surface area contributed by atoms with Crippen LogP contribution in [-0.2, 0) is 0 Å². The van der Waals surface area contributed by atoms with Crippen molar-refractivity contribution in [1.29, 1.82) is 0 Å². The van der Waals surface area contributed by atoms with Crippen LogP contribution in [0.5, 0.6) is 5.75 Å². The van der Waals surface area contributed by atoms with Crippen LogP contribution in [0.4, 0.5) is 13.2 Å². The molecule has 188 valence electrons. The van der Waals surface area contributed by atoms with Gasteiger partial charge in [-0.05, 0) is 80.5 Å². The zero-order chi connectivity index (χ0) is 25.5. The summed E-state index contributed by atoms with van der Waals surface area (Å²) in [5.41, 5.74) is 3.03. The number of hydrogen-bond acceptors (Lipinski definition) is 1. The van der Waals surface area contributed by atoms with Crippen molar-refractivity contribution in [2.24, 2.45) is 5.92 Å². The third kappa shape index (κ3) is 6.29. The molecule has 4 heteroatoms. The fraction of sp³-hybridized carbons (Fsp3) is 0.312. The number of benzene rings is 3. The number of allylic oxidation sites excluding steroid dienone is 2. The van der Waals surface area contributed by atoms with Gasteiger partial charge in [-0.1, -0.05) is 60.2 Å². The van der Waals surface area contributed by atoms with Crippen LogP contribution in [0, 0.1) is 30.3 Å². The number of ether oxygens (including phenoxy) is 1. The topological polar surface area (TPSA) is 9.23 Å². The lowest BCUT2D eigenvalue weighted by molar-refractivity contribution is 0.310. The average Bonchev–Trinajstić information content (AvgIpc) is 2.89. The Morgan fingerprint density at radius 2 is 1.67 bits per heavy atom. The fourth-order valence-corrected chi connectivity index (χ4v) is 4.85. The van der Waals surface area contributed by atoms with E-state index < -0.39 is 11.6 Å². The van der Waals surface area contributed by atoms with Crippen molar-refractivity contribution < 1.29 is 17.9 Å². The molecular formula is C32H33F3O. The standard InChI is InChI=1S/C32H33F3O/c1-3-4-5-20-36-27-17-16-26(30(33)21-27)15-10-23-8-13-25(14-9-23)29-19-18-28(31(34)32(29)35)24-11-6-22(2)7-12-24/h3,6-7,10-12,15-19,21,23,25H,1,4-5,8-9,13-14,20H2,2H3/b15-10+. The highest BCUT2D eigenvalue weighted by molar-refractivity contribution is 5.65. The summed E-state index contributed by atoms with van der Waals surface area (Å²) in [7, 11) is 0. The van der Waals surface area contributed by atoms with Gasteiger partial charge in [-0.25, -0.2) is 13.2 Å². The minimum Gasteiger partial charge on any atom is -0.493 e. The van der Waals surface area contributed by atoms with Crippen LogP contribution in [0.3, 0.4) is 0 Å². The Balaban J connectivity index is 1.35. The SMILES string of the molecule is C=CCCCOc1ccc(/C=C/C2CCC(c3ccc(-c4ccc(C)cc4)c(F)c3F)CC2)c(F)c1. The Labute approximate surface area is 212 Å². The van der Waals surface area contributed by atoms with E-state index in [-0.39, 0.29) is 17.7 Å². The maximum atomic E-state index is 15.0. The Bertz CT molecular complexity index is 1200. The summed E-state index contributed by atoms with van der Waals surface area (Å²) in [5, 5.41) is 0. The molecule has 1 aliphatic rings. The molecule has 0 spiro atoms. The molecule has 3 aromatic carbocycles. The zero-order valence-corrected chi connectivity index (χ0v) is 20.8. The maximum absolute atomic E-state index is 15.0. The molecule has 1 saturated carbocycles. The molecule has 1 nitrogen and oxygen atoms in total. The molecule has 0 radical (unpaired) electrons. The second-order valence-corrected chi connectivity index (χ2v) is 9.63. The van der Waals surface area contributed by atoms with Gasteiger partial charge in [0.1, 0.15) is 11.6 Å². The van der Waals surface area contributed by atoms with Crippen molar-refractivity contribution in [3.63, 3.8) is 0 Å². The molecule has 0 N–H and O–H groups in total. The van der Waals surface area contributed by atoms with Crippen molar-refractivity contribution in [2.45, 2.75) is 51.4 Å². The molecule has 0 saturated heterocycles. The summed E-state index contributed by atoms with van der Waals surface area (Å²) in [5.74, 6) is -1.02. The van der Waals surface area contributed by atoms with Gasteiger partial charge in [-0.3, -0.25) is 0 Å². The van der Waals surface area contributed by atoms with E-state index in [0.29, 0.717) is 34.6 Å². The van der Waals surface area contributed by atoms with Gasteiger partial charge >= 0.3 is 0 Å². The number of aryl methyl sites for hydroxylation is 1. The minimum absolute atomic E-state index is 0.00882. The molecule has 0 aliphatic heterocycles. The van der Waals surface area contributed by atoms with E-state index >= 15 is 4.39 Å². The van der Waals surface area contributed by atoms with E-state index in [0.717, 1.165) is 44.1 Å². The van der Waals surface area contributed by atoms with Crippen molar-refractivity contribution >= 4 is 6.08 Å². The Morgan fingerprint density at radius 1 is 0.917 bits per heavy atom. The molecule has 0 atom stereocenters. The van der Waals surface area contributed by atoms with Gasteiger partial charge in [0.25, 0.3) is 0 Å². The minimum atomic E-state index is -0.776. The summed E-state index contributed by atoms with van der Waals surface area (Å²) in [6.07, 6.45) is 10.7. The highest BCUT2D eigenvalue weighted by Gasteiger charge is 2.25. The number of halogens is 3. The number of rotatable bonds is 9. The molecule has 0 heterocycles. The lowest BCUT2D eigenvalue weighted by atomic mass is 9.78. The summed E-state index contributed by atoms with van der Waals surface area (Å²) in [6.45, 7) is 6.17. The van der Waals surface area contributed by atoms with Crippen molar-refractivity contribution in [3.8, 4) is 16.9 Å². The molecule has 36 heavy (non-hydrogen) atoms. The zero-order valence-electron chi connectivity index (χ0n) is 20.8. The molecule has 4 rings (SSSR count). The molecular weight excluding hydrogens is 457 g/mol. The van der Waals surface area contributed by atoms with E-state index in [9.17, 15) is 8.78 Å². The monoisotopic (exact) mass is 490 g/mol. The summed E-state index contributed by atoms with van der Waals surface area (Å²) < 4.78 is 50.0. The lowest BCUT2D eigenvalue weighted by Crippen LogP contribution is -2.13. The van der Waals surface area contributed by atoms with Crippen LogP contribution in [0.25, 0.3) is 17.2 Å². The first kappa shape index (κ1) is 25.8. The largest absolute Gasteiger partial charge is 0.493 e. The van der Waals surface area contributed by atoms with E-state index in [1.165, 1.54) is 6.07 Å². The van der Waals surface area contributed by atoms with E-state index in [1.54, 1.807) is 24.3 Å². The third-order valence-corrected chi connectivity index (χ3v) is 7.03. The van der Waals surface area contributed by atoms with Gasteiger partial charge in [0.05, 0.1) is 6.61 Å².